The molecule has 1 aromatic rings. The third-order valence-corrected chi connectivity index (χ3v) is 7.14. The van der Waals surface area contributed by atoms with Crippen LogP contribution >= 0.6 is 22.9 Å². The first-order valence-corrected chi connectivity index (χ1v) is 9.02. The molecule has 19 heavy (non-hydrogen) atoms. The molecule has 0 spiro atoms. The van der Waals surface area contributed by atoms with Gasteiger partial charge in [0.05, 0.1) is 12.0 Å². The van der Waals surface area contributed by atoms with Gasteiger partial charge in [-0.1, -0.05) is 0 Å². The van der Waals surface area contributed by atoms with Crippen molar-refractivity contribution in [2.75, 3.05) is 20.2 Å². The lowest BCUT2D eigenvalue weighted by Gasteiger charge is -2.31. The van der Waals surface area contributed by atoms with E-state index in [2.05, 4.69) is 0 Å². The number of thiophene rings is 1. The Kier molecular flexibility index (Phi) is 4.89. The van der Waals surface area contributed by atoms with Gasteiger partial charge in [0.15, 0.2) is 0 Å². The number of piperidine rings is 1. The second kappa shape index (κ2) is 6.10. The molecule has 0 saturated carbocycles. The van der Waals surface area contributed by atoms with Gasteiger partial charge in [0.2, 0.25) is 10.0 Å². The Labute approximate surface area is 123 Å². The number of ether oxygens (including phenoxy) is 1. The first-order valence-electron chi connectivity index (χ1n) is 6.16. The zero-order chi connectivity index (χ0) is 14.0. The molecule has 0 radical (unpaired) electrons. The van der Waals surface area contributed by atoms with Gasteiger partial charge >= 0.3 is 0 Å². The predicted octanol–water partition coefficient (Wildman–Crippen LogP) is 2.59. The molecule has 2 heterocycles. The van der Waals surface area contributed by atoms with Crippen molar-refractivity contribution in [3.8, 4) is 0 Å². The Morgan fingerprint density at radius 2 is 2.32 bits per heavy atom. The smallest absolute Gasteiger partial charge is 0.244 e. The van der Waals surface area contributed by atoms with Gasteiger partial charge in [-0.2, -0.15) is 4.31 Å². The molecule has 1 fully saturated rings. The lowest BCUT2D eigenvalue weighted by atomic mass is 10.1. The molecule has 1 saturated heterocycles. The van der Waals surface area contributed by atoms with Crippen LogP contribution in [-0.4, -0.2) is 39.0 Å². The van der Waals surface area contributed by atoms with Crippen LogP contribution in [0.4, 0.5) is 0 Å². The minimum Gasteiger partial charge on any atom is -0.380 e. The number of alkyl halides is 1. The van der Waals surface area contributed by atoms with Crippen LogP contribution in [0.5, 0.6) is 0 Å². The Morgan fingerprint density at radius 3 is 2.95 bits per heavy atom. The van der Waals surface area contributed by atoms with E-state index in [1.54, 1.807) is 7.11 Å². The molecule has 1 aromatic heterocycles. The number of sulfonamides is 1. The highest BCUT2D eigenvalue weighted by molar-refractivity contribution is 7.89. The van der Waals surface area contributed by atoms with Crippen LogP contribution in [0.1, 0.15) is 23.3 Å². The third kappa shape index (κ3) is 2.97. The second-order valence-electron chi connectivity index (χ2n) is 4.67. The van der Waals surface area contributed by atoms with Crippen molar-refractivity contribution in [1.82, 2.24) is 4.31 Å². The van der Waals surface area contributed by atoms with Gasteiger partial charge in [0, 0.05) is 25.1 Å². The topological polar surface area (TPSA) is 46.6 Å². The van der Waals surface area contributed by atoms with E-state index in [0.717, 1.165) is 23.3 Å². The van der Waals surface area contributed by atoms with E-state index >= 15 is 0 Å². The van der Waals surface area contributed by atoms with E-state index in [1.807, 2.05) is 12.3 Å². The Morgan fingerprint density at radius 1 is 1.58 bits per heavy atom. The molecule has 7 heteroatoms. The van der Waals surface area contributed by atoms with E-state index in [1.165, 1.54) is 15.6 Å². The van der Waals surface area contributed by atoms with Crippen LogP contribution in [0.25, 0.3) is 0 Å². The first-order chi connectivity index (χ1) is 9.00. The van der Waals surface area contributed by atoms with E-state index in [-0.39, 0.29) is 12.0 Å². The molecule has 108 valence electrons. The van der Waals surface area contributed by atoms with Crippen LogP contribution < -0.4 is 0 Å². The Hall–Kier alpha value is -0.140. The maximum Gasteiger partial charge on any atom is 0.244 e. The van der Waals surface area contributed by atoms with Crippen molar-refractivity contribution in [3.63, 3.8) is 0 Å². The van der Waals surface area contributed by atoms with Crippen molar-refractivity contribution in [2.45, 2.75) is 36.6 Å². The monoisotopic (exact) mass is 323 g/mol. The quantitative estimate of drug-likeness (QED) is 0.800. The summed E-state index contributed by atoms with van der Waals surface area (Å²) in [6.45, 7) is 2.80. The van der Waals surface area contributed by atoms with Crippen LogP contribution in [-0.2, 0) is 20.6 Å². The molecule has 0 aromatic carbocycles. The number of nitrogens with zero attached hydrogens (tertiary/aromatic N) is 1. The average Bonchev–Trinajstić information content (AvgIpc) is 2.80. The summed E-state index contributed by atoms with van der Waals surface area (Å²) in [5.41, 5.74) is 0.778. The first kappa shape index (κ1) is 15.3. The average molecular weight is 324 g/mol. The largest absolute Gasteiger partial charge is 0.380 e. The van der Waals surface area contributed by atoms with Crippen molar-refractivity contribution in [3.05, 3.63) is 15.8 Å². The van der Waals surface area contributed by atoms with E-state index in [4.69, 9.17) is 16.3 Å². The summed E-state index contributed by atoms with van der Waals surface area (Å²) in [7, 11) is -1.83. The van der Waals surface area contributed by atoms with Gasteiger partial charge in [-0.25, -0.2) is 8.42 Å². The van der Waals surface area contributed by atoms with E-state index in [9.17, 15) is 8.42 Å². The molecule has 1 aliphatic rings. The summed E-state index contributed by atoms with van der Waals surface area (Å²) in [6.07, 6.45) is 1.73. The number of hydrogen-bond donors (Lipinski definition) is 0. The fraction of sp³-hybridized carbons (Fsp3) is 0.667. The van der Waals surface area contributed by atoms with Crippen molar-refractivity contribution >= 4 is 33.0 Å². The molecular formula is C12H18ClNO3S2. The predicted molar refractivity (Wildman–Crippen MR) is 77.4 cm³/mol. The van der Waals surface area contributed by atoms with Gasteiger partial charge in [0.1, 0.15) is 4.90 Å². The summed E-state index contributed by atoms with van der Waals surface area (Å²) in [5, 5.41) is 1.85. The zero-order valence-corrected chi connectivity index (χ0v) is 13.4. The number of halogens is 1. The van der Waals surface area contributed by atoms with E-state index in [0.29, 0.717) is 18.0 Å². The zero-order valence-electron chi connectivity index (χ0n) is 11.1. The summed E-state index contributed by atoms with van der Waals surface area (Å²) in [4.78, 5) is 1.11. The lowest BCUT2D eigenvalue weighted by molar-refractivity contribution is 0.0571. The van der Waals surface area contributed by atoms with Gasteiger partial charge in [-0.05, 0) is 30.7 Å². The summed E-state index contributed by atoms with van der Waals surface area (Å²) >= 11 is 7.25. The molecule has 0 amide bonds. The third-order valence-electron chi connectivity index (χ3n) is 3.38. The van der Waals surface area contributed by atoms with Crippen LogP contribution in [0.3, 0.4) is 0 Å². The summed E-state index contributed by atoms with van der Waals surface area (Å²) in [5.74, 6) is 0.231. The summed E-state index contributed by atoms with van der Waals surface area (Å²) < 4.78 is 32.3. The Balaban J connectivity index is 2.34. The highest BCUT2D eigenvalue weighted by Crippen LogP contribution is 2.32. The lowest BCUT2D eigenvalue weighted by Crippen LogP contribution is -2.43. The molecule has 0 N–H and O–H groups in total. The minimum absolute atomic E-state index is 0.0121. The van der Waals surface area contributed by atoms with Gasteiger partial charge in [-0.15, -0.1) is 22.9 Å². The molecular weight excluding hydrogens is 306 g/mol. The maximum atomic E-state index is 12.7. The molecule has 0 bridgehead atoms. The molecule has 1 atom stereocenters. The minimum atomic E-state index is -3.46. The van der Waals surface area contributed by atoms with Gasteiger partial charge in [-0.3, -0.25) is 0 Å². The maximum absolute atomic E-state index is 12.7. The van der Waals surface area contributed by atoms with Crippen LogP contribution in [0, 0.1) is 6.92 Å². The Bertz CT molecular complexity index is 541. The molecule has 1 aliphatic heterocycles. The fourth-order valence-corrected chi connectivity index (χ4v) is 5.89. The second-order valence-corrected chi connectivity index (χ2v) is 7.77. The van der Waals surface area contributed by atoms with Crippen molar-refractivity contribution in [1.29, 1.82) is 0 Å². The molecule has 4 nitrogen and oxygen atoms in total. The molecule has 0 aliphatic carbocycles. The molecule has 1 unspecified atom stereocenters. The van der Waals surface area contributed by atoms with Crippen LogP contribution in [0.2, 0.25) is 0 Å². The van der Waals surface area contributed by atoms with Crippen molar-refractivity contribution in [2.24, 2.45) is 0 Å². The number of hydrogen-bond acceptors (Lipinski definition) is 4. The normalized spacial score (nSPS) is 21.7. The van der Waals surface area contributed by atoms with E-state index < -0.39 is 10.0 Å². The number of methoxy groups -OCH3 is 1. The number of aryl methyl sites for hydroxylation is 1. The highest BCUT2D eigenvalue weighted by Gasteiger charge is 2.33. The SMILES string of the molecule is COC1CCCN(S(=O)(=O)c2c(C)csc2CCl)C1. The summed E-state index contributed by atoms with van der Waals surface area (Å²) in [6, 6.07) is 0. The standard InChI is InChI=1S/C12H18ClNO3S2/c1-9-8-18-11(6-13)12(9)19(15,16)14-5-3-4-10(7-14)17-2/h8,10H,3-7H2,1-2H3. The van der Waals surface area contributed by atoms with Crippen molar-refractivity contribution < 1.29 is 13.2 Å². The highest BCUT2D eigenvalue weighted by atomic mass is 35.5. The van der Waals surface area contributed by atoms with Gasteiger partial charge in [0.25, 0.3) is 0 Å². The number of rotatable bonds is 4. The molecule has 2 rings (SSSR count). The van der Waals surface area contributed by atoms with Gasteiger partial charge < -0.3 is 4.74 Å². The fourth-order valence-electron chi connectivity index (χ4n) is 2.37. The van der Waals surface area contributed by atoms with Crippen LogP contribution in [0.15, 0.2) is 10.3 Å².